The molecule has 2 aromatic heterocycles. The summed E-state index contributed by atoms with van der Waals surface area (Å²) in [7, 11) is 6.29. The zero-order chi connectivity index (χ0) is 22.5. The summed E-state index contributed by atoms with van der Waals surface area (Å²) in [5, 5.41) is 0. The Bertz CT molecular complexity index is 1350. The van der Waals surface area contributed by atoms with Crippen LogP contribution >= 0.6 is 0 Å². The molecule has 9 nitrogen and oxygen atoms in total. The molecule has 160 valence electrons. The van der Waals surface area contributed by atoms with Gasteiger partial charge in [0, 0.05) is 19.7 Å². The van der Waals surface area contributed by atoms with Crippen LogP contribution in [0.3, 0.4) is 0 Å². The van der Waals surface area contributed by atoms with Gasteiger partial charge in [0.15, 0.2) is 28.5 Å². The van der Waals surface area contributed by atoms with Crippen LogP contribution in [0.1, 0.15) is 11.4 Å². The second-order valence-corrected chi connectivity index (χ2v) is 6.51. The molecule has 0 bridgehead atoms. The summed E-state index contributed by atoms with van der Waals surface area (Å²) in [6, 6.07) is 5.27. The topological polar surface area (TPSA) is 89.5 Å². The third-order valence-electron chi connectivity index (χ3n) is 4.71. The third-order valence-corrected chi connectivity index (χ3v) is 4.71. The van der Waals surface area contributed by atoms with E-state index in [-0.39, 0.29) is 30.9 Å². The van der Waals surface area contributed by atoms with Gasteiger partial charge in [-0.05, 0) is 24.1 Å². The number of methoxy groups -OCH3 is 3. The number of terminal acetylenes is 1. The van der Waals surface area contributed by atoms with Crippen LogP contribution in [-0.4, -0.2) is 46.6 Å². The SMILES string of the molecule is C#CCn1c(=O)c2c(nc(C#Cc3ccc(OC)c(OC)c3)n2C)n(CCOC)c1=O. The van der Waals surface area contributed by atoms with E-state index >= 15 is 0 Å². The Kier molecular flexibility index (Phi) is 6.49. The molecule has 0 aliphatic carbocycles. The van der Waals surface area contributed by atoms with E-state index in [9.17, 15) is 9.59 Å². The Labute approximate surface area is 178 Å². The molecule has 0 amide bonds. The van der Waals surface area contributed by atoms with Crippen molar-refractivity contribution in [1.29, 1.82) is 0 Å². The number of aryl methyl sites for hydroxylation is 1. The predicted octanol–water partition coefficient (Wildman–Crippen LogP) is 0.593. The first-order chi connectivity index (χ1) is 15.0. The monoisotopic (exact) mass is 422 g/mol. The number of fused-ring (bicyclic) bond motifs is 1. The Morgan fingerprint density at radius 3 is 2.45 bits per heavy atom. The van der Waals surface area contributed by atoms with Gasteiger partial charge < -0.3 is 18.8 Å². The minimum atomic E-state index is -0.537. The van der Waals surface area contributed by atoms with Crippen molar-refractivity contribution >= 4 is 11.2 Å². The molecule has 31 heavy (non-hydrogen) atoms. The molecular weight excluding hydrogens is 400 g/mol. The second kappa shape index (κ2) is 9.24. The van der Waals surface area contributed by atoms with Gasteiger partial charge in [-0.3, -0.25) is 9.36 Å². The van der Waals surface area contributed by atoms with Crippen molar-refractivity contribution in [2.75, 3.05) is 27.9 Å². The van der Waals surface area contributed by atoms with Crippen LogP contribution in [0.15, 0.2) is 27.8 Å². The molecule has 0 fully saturated rings. The maximum atomic E-state index is 12.9. The number of aromatic nitrogens is 4. The molecule has 3 aromatic rings. The Morgan fingerprint density at radius 1 is 1.06 bits per heavy atom. The number of nitrogens with zero attached hydrogens (tertiary/aromatic N) is 4. The number of rotatable bonds is 6. The van der Waals surface area contributed by atoms with Gasteiger partial charge in [-0.25, -0.2) is 14.3 Å². The quantitative estimate of drug-likeness (QED) is 0.541. The van der Waals surface area contributed by atoms with Gasteiger partial charge in [-0.15, -0.1) is 6.42 Å². The van der Waals surface area contributed by atoms with Crippen LogP contribution in [0.5, 0.6) is 11.5 Å². The number of hydrogen-bond acceptors (Lipinski definition) is 6. The van der Waals surface area contributed by atoms with Crippen LogP contribution in [0.4, 0.5) is 0 Å². The molecule has 3 rings (SSSR count). The second-order valence-electron chi connectivity index (χ2n) is 6.51. The lowest BCUT2D eigenvalue weighted by Crippen LogP contribution is -2.41. The molecule has 0 aliphatic heterocycles. The lowest BCUT2D eigenvalue weighted by atomic mass is 10.2. The summed E-state index contributed by atoms with van der Waals surface area (Å²) >= 11 is 0. The first-order valence-corrected chi connectivity index (χ1v) is 9.33. The van der Waals surface area contributed by atoms with E-state index in [1.165, 1.54) is 11.7 Å². The van der Waals surface area contributed by atoms with Crippen LogP contribution < -0.4 is 20.7 Å². The van der Waals surface area contributed by atoms with Crippen LogP contribution in [-0.2, 0) is 24.9 Å². The summed E-state index contributed by atoms with van der Waals surface area (Å²) in [5.41, 5.74) is 0.0963. The van der Waals surface area contributed by atoms with Crippen molar-refractivity contribution in [2.45, 2.75) is 13.1 Å². The molecule has 0 N–H and O–H groups in total. The molecule has 0 radical (unpaired) electrons. The average molecular weight is 422 g/mol. The van der Waals surface area contributed by atoms with E-state index in [1.807, 2.05) is 0 Å². The smallest absolute Gasteiger partial charge is 0.333 e. The number of ether oxygens (including phenoxy) is 3. The minimum Gasteiger partial charge on any atom is -0.493 e. The Balaban J connectivity index is 2.19. The minimum absolute atomic E-state index is 0.140. The van der Waals surface area contributed by atoms with Gasteiger partial charge in [0.25, 0.3) is 5.56 Å². The Morgan fingerprint density at radius 2 is 1.81 bits per heavy atom. The highest BCUT2D eigenvalue weighted by atomic mass is 16.5. The largest absolute Gasteiger partial charge is 0.493 e. The van der Waals surface area contributed by atoms with E-state index in [2.05, 4.69) is 22.7 Å². The van der Waals surface area contributed by atoms with E-state index in [1.54, 1.807) is 44.0 Å². The maximum absolute atomic E-state index is 12.9. The first-order valence-electron chi connectivity index (χ1n) is 9.33. The summed E-state index contributed by atoms with van der Waals surface area (Å²) in [4.78, 5) is 30.2. The van der Waals surface area contributed by atoms with Gasteiger partial charge in [0.05, 0.1) is 33.9 Å². The molecule has 9 heteroatoms. The highest BCUT2D eigenvalue weighted by Gasteiger charge is 2.19. The number of hydrogen-bond donors (Lipinski definition) is 0. The molecule has 0 aliphatic rings. The van der Waals surface area contributed by atoms with Crippen LogP contribution in [0.25, 0.3) is 11.2 Å². The fraction of sp³-hybridized carbons (Fsp3) is 0.318. The normalized spacial score (nSPS) is 10.4. The standard InChI is InChI=1S/C22H22N4O5/c1-6-11-26-21(27)19-20(25(22(26)28)12-13-29-3)23-18(24(19)2)10-8-15-7-9-16(30-4)17(14-15)31-5/h1,7,9,14H,11-13H2,2-5H3. The summed E-state index contributed by atoms with van der Waals surface area (Å²) < 4.78 is 19.6. The van der Waals surface area contributed by atoms with Crippen LogP contribution in [0.2, 0.25) is 0 Å². The molecule has 0 saturated heterocycles. The van der Waals surface area contributed by atoms with Crippen molar-refractivity contribution < 1.29 is 14.2 Å². The highest BCUT2D eigenvalue weighted by molar-refractivity contribution is 5.72. The third kappa shape index (κ3) is 4.04. The summed E-state index contributed by atoms with van der Waals surface area (Å²) in [6.07, 6.45) is 5.35. The van der Waals surface area contributed by atoms with Gasteiger partial charge >= 0.3 is 5.69 Å². The molecule has 0 atom stereocenters. The molecule has 1 aromatic carbocycles. The fourth-order valence-electron chi connectivity index (χ4n) is 3.13. The average Bonchev–Trinajstić information content (AvgIpc) is 3.11. The predicted molar refractivity (Wildman–Crippen MR) is 115 cm³/mol. The molecular formula is C22H22N4O5. The summed E-state index contributed by atoms with van der Waals surface area (Å²) in [5.74, 6) is 9.77. The molecule has 0 saturated carbocycles. The van der Waals surface area contributed by atoms with E-state index in [0.717, 1.165) is 4.57 Å². The molecule has 0 unspecified atom stereocenters. The lowest BCUT2D eigenvalue weighted by Gasteiger charge is -2.09. The van der Waals surface area contributed by atoms with Gasteiger partial charge in [-0.1, -0.05) is 11.8 Å². The first kappa shape index (κ1) is 21.8. The number of imidazole rings is 1. The van der Waals surface area contributed by atoms with Crippen molar-refractivity contribution in [3.05, 3.63) is 50.4 Å². The van der Waals surface area contributed by atoms with Crippen molar-refractivity contribution in [3.63, 3.8) is 0 Å². The van der Waals surface area contributed by atoms with E-state index < -0.39 is 11.2 Å². The maximum Gasteiger partial charge on any atom is 0.333 e. The zero-order valence-electron chi connectivity index (χ0n) is 17.8. The van der Waals surface area contributed by atoms with Crippen molar-refractivity contribution in [1.82, 2.24) is 18.7 Å². The van der Waals surface area contributed by atoms with Crippen molar-refractivity contribution in [3.8, 4) is 35.7 Å². The molecule has 0 spiro atoms. The van der Waals surface area contributed by atoms with Gasteiger partial charge in [-0.2, -0.15) is 0 Å². The highest BCUT2D eigenvalue weighted by Crippen LogP contribution is 2.27. The van der Waals surface area contributed by atoms with Gasteiger partial charge in [0.1, 0.15) is 0 Å². The van der Waals surface area contributed by atoms with E-state index in [4.69, 9.17) is 20.6 Å². The summed E-state index contributed by atoms with van der Waals surface area (Å²) in [6.45, 7) is 0.348. The number of benzene rings is 1. The lowest BCUT2D eigenvalue weighted by molar-refractivity contribution is 0.186. The Hall–Kier alpha value is -3.95. The van der Waals surface area contributed by atoms with E-state index in [0.29, 0.717) is 22.9 Å². The van der Waals surface area contributed by atoms with Crippen molar-refractivity contribution in [2.24, 2.45) is 7.05 Å². The zero-order valence-corrected chi connectivity index (χ0v) is 17.8. The van der Waals surface area contributed by atoms with Crippen LogP contribution in [0, 0.1) is 24.2 Å². The fourth-order valence-corrected chi connectivity index (χ4v) is 3.13. The molecule has 2 heterocycles. The van der Waals surface area contributed by atoms with Gasteiger partial charge in [0.2, 0.25) is 0 Å².